The molecule has 0 saturated carbocycles. The number of hydrogen-bond donors (Lipinski definition) is 3. The van der Waals surface area contributed by atoms with E-state index in [1.165, 1.54) is 37.4 Å². The monoisotopic (exact) mass is 463 g/mol. The summed E-state index contributed by atoms with van der Waals surface area (Å²) in [6, 6.07) is 13.7. The number of carbonyl (C=O) groups is 2. The van der Waals surface area contributed by atoms with Gasteiger partial charge in [-0.15, -0.1) is 0 Å². The van der Waals surface area contributed by atoms with E-state index in [2.05, 4.69) is 10.6 Å². The maximum Gasteiger partial charge on any atom is 0.417 e. The van der Waals surface area contributed by atoms with Crippen molar-refractivity contribution >= 4 is 34.8 Å². The van der Waals surface area contributed by atoms with Crippen LogP contribution in [-0.4, -0.2) is 18.9 Å². The standard InChI is InChI=1S/C22H17ClF3N3O3/c1-28-21(31)16-11-15(7-9-19(16)27)32-14-5-3-13(4-6-14)29-20(30)12-2-8-18(23)17(10-12)22(24,25)26/h2-11H,27H2,1H3,(H,28,31)(H,29,30). The van der Waals surface area contributed by atoms with Crippen molar-refractivity contribution in [3.8, 4) is 11.5 Å². The van der Waals surface area contributed by atoms with E-state index in [1.807, 2.05) is 0 Å². The number of halogens is 4. The molecular weight excluding hydrogens is 447 g/mol. The second-order valence-corrected chi connectivity index (χ2v) is 7.01. The molecule has 0 fully saturated rings. The Morgan fingerprint density at radius 3 is 2.22 bits per heavy atom. The van der Waals surface area contributed by atoms with Gasteiger partial charge in [0, 0.05) is 24.0 Å². The molecule has 3 aromatic rings. The lowest BCUT2D eigenvalue weighted by Gasteiger charge is -2.12. The van der Waals surface area contributed by atoms with Crippen molar-refractivity contribution in [1.82, 2.24) is 5.32 Å². The Morgan fingerprint density at radius 2 is 1.59 bits per heavy atom. The molecule has 10 heteroatoms. The van der Waals surface area contributed by atoms with Gasteiger partial charge in [0.25, 0.3) is 11.8 Å². The van der Waals surface area contributed by atoms with Crippen molar-refractivity contribution in [2.45, 2.75) is 6.18 Å². The summed E-state index contributed by atoms with van der Waals surface area (Å²) < 4.78 is 44.7. The first-order valence-electron chi connectivity index (χ1n) is 9.16. The Labute approximate surface area is 186 Å². The Bertz CT molecular complexity index is 1170. The average molecular weight is 464 g/mol. The van der Waals surface area contributed by atoms with Crippen LogP contribution in [0.1, 0.15) is 26.3 Å². The van der Waals surface area contributed by atoms with Crippen LogP contribution in [0.3, 0.4) is 0 Å². The third-order valence-electron chi connectivity index (χ3n) is 4.38. The third kappa shape index (κ3) is 5.30. The van der Waals surface area contributed by atoms with Gasteiger partial charge in [0.2, 0.25) is 0 Å². The number of hydrogen-bond acceptors (Lipinski definition) is 4. The van der Waals surface area contributed by atoms with E-state index in [-0.39, 0.29) is 17.0 Å². The molecular formula is C22H17ClF3N3O3. The van der Waals surface area contributed by atoms with Crippen LogP contribution in [0.4, 0.5) is 24.5 Å². The predicted molar refractivity (Wildman–Crippen MR) is 115 cm³/mol. The zero-order valence-corrected chi connectivity index (χ0v) is 17.3. The van der Waals surface area contributed by atoms with E-state index in [0.29, 0.717) is 28.9 Å². The molecule has 0 heterocycles. The molecule has 6 nitrogen and oxygen atoms in total. The third-order valence-corrected chi connectivity index (χ3v) is 4.71. The van der Waals surface area contributed by atoms with Crippen molar-refractivity contribution < 1.29 is 27.5 Å². The minimum Gasteiger partial charge on any atom is -0.457 e. The van der Waals surface area contributed by atoms with E-state index in [1.54, 1.807) is 18.2 Å². The summed E-state index contributed by atoms with van der Waals surface area (Å²) in [5.41, 5.74) is 5.41. The smallest absolute Gasteiger partial charge is 0.417 e. The number of ether oxygens (including phenoxy) is 1. The molecule has 0 atom stereocenters. The van der Waals surface area contributed by atoms with Crippen LogP contribution in [0.25, 0.3) is 0 Å². The highest BCUT2D eigenvalue weighted by molar-refractivity contribution is 6.31. The first-order valence-corrected chi connectivity index (χ1v) is 9.54. The molecule has 3 rings (SSSR count). The summed E-state index contributed by atoms with van der Waals surface area (Å²) in [5, 5.41) is 4.51. The van der Waals surface area contributed by atoms with Crippen LogP contribution in [-0.2, 0) is 6.18 Å². The fourth-order valence-corrected chi connectivity index (χ4v) is 2.98. The molecule has 166 valence electrons. The number of nitrogens with two attached hydrogens (primary N) is 1. The zero-order chi connectivity index (χ0) is 23.5. The van der Waals surface area contributed by atoms with Gasteiger partial charge in [-0.2, -0.15) is 13.2 Å². The largest absolute Gasteiger partial charge is 0.457 e. The number of anilines is 2. The maximum atomic E-state index is 13.0. The van der Waals surface area contributed by atoms with E-state index < -0.39 is 22.7 Å². The molecule has 4 N–H and O–H groups in total. The lowest BCUT2D eigenvalue weighted by Crippen LogP contribution is -2.19. The Hall–Kier alpha value is -3.72. The Morgan fingerprint density at radius 1 is 0.938 bits per heavy atom. The number of alkyl halides is 3. The van der Waals surface area contributed by atoms with Gasteiger partial charge in [0.05, 0.1) is 16.1 Å². The number of nitrogens with one attached hydrogen (secondary N) is 2. The van der Waals surface area contributed by atoms with Crippen molar-refractivity contribution in [1.29, 1.82) is 0 Å². The molecule has 0 aromatic heterocycles. The highest BCUT2D eigenvalue weighted by Gasteiger charge is 2.33. The molecule has 0 aliphatic heterocycles. The number of nitrogen functional groups attached to an aromatic ring is 1. The summed E-state index contributed by atoms with van der Waals surface area (Å²) >= 11 is 5.58. The summed E-state index contributed by atoms with van der Waals surface area (Å²) in [6.45, 7) is 0. The quantitative estimate of drug-likeness (QED) is 0.445. The molecule has 0 radical (unpaired) electrons. The highest BCUT2D eigenvalue weighted by Crippen LogP contribution is 2.35. The van der Waals surface area contributed by atoms with Crippen molar-refractivity contribution in [3.05, 3.63) is 82.4 Å². The summed E-state index contributed by atoms with van der Waals surface area (Å²) in [4.78, 5) is 24.2. The van der Waals surface area contributed by atoms with Crippen molar-refractivity contribution in [2.75, 3.05) is 18.1 Å². The molecule has 0 aliphatic rings. The number of benzene rings is 3. The van der Waals surface area contributed by atoms with Gasteiger partial charge in [-0.25, -0.2) is 0 Å². The second-order valence-electron chi connectivity index (χ2n) is 6.60. The van der Waals surface area contributed by atoms with Crippen LogP contribution in [0.15, 0.2) is 60.7 Å². The molecule has 0 bridgehead atoms. The van der Waals surface area contributed by atoms with Gasteiger partial charge in [0.1, 0.15) is 11.5 Å². The van der Waals surface area contributed by atoms with E-state index in [9.17, 15) is 22.8 Å². The van der Waals surface area contributed by atoms with Gasteiger partial charge in [-0.05, 0) is 60.7 Å². The summed E-state index contributed by atoms with van der Waals surface area (Å²) in [6.07, 6.45) is -4.67. The van der Waals surface area contributed by atoms with Gasteiger partial charge < -0.3 is 21.1 Å². The molecule has 3 aromatic carbocycles. The Kier molecular flexibility index (Phi) is 6.59. The average Bonchev–Trinajstić information content (AvgIpc) is 2.75. The van der Waals surface area contributed by atoms with E-state index >= 15 is 0 Å². The molecule has 0 aliphatic carbocycles. The minimum atomic E-state index is -4.67. The molecule has 0 spiro atoms. The van der Waals surface area contributed by atoms with Gasteiger partial charge in [-0.1, -0.05) is 11.6 Å². The van der Waals surface area contributed by atoms with Crippen molar-refractivity contribution in [2.24, 2.45) is 0 Å². The Balaban J connectivity index is 1.72. The topological polar surface area (TPSA) is 93.5 Å². The van der Waals surface area contributed by atoms with Crippen LogP contribution in [0.2, 0.25) is 5.02 Å². The lowest BCUT2D eigenvalue weighted by atomic mass is 10.1. The lowest BCUT2D eigenvalue weighted by molar-refractivity contribution is -0.137. The SMILES string of the molecule is CNC(=O)c1cc(Oc2ccc(NC(=O)c3ccc(Cl)c(C(F)(F)F)c3)cc2)ccc1N. The van der Waals surface area contributed by atoms with Crippen LogP contribution < -0.4 is 21.1 Å². The normalized spacial score (nSPS) is 11.0. The van der Waals surface area contributed by atoms with E-state index in [4.69, 9.17) is 22.1 Å². The molecule has 2 amide bonds. The zero-order valence-electron chi connectivity index (χ0n) is 16.6. The number of carbonyl (C=O) groups excluding carboxylic acids is 2. The van der Waals surface area contributed by atoms with Gasteiger partial charge in [0.15, 0.2) is 0 Å². The van der Waals surface area contributed by atoms with Crippen LogP contribution >= 0.6 is 11.6 Å². The highest BCUT2D eigenvalue weighted by atomic mass is 35.5. The first-order chi connectivity index (χ1) is 15.1. The first kappa shape index (κ1) is 23.0. The predicted octanol–water partition coefficient (Wildman–Crippen LogP) is 5.35. The summed E-state index contributed by atoms with van der Waals surface area (Å²) in [5.74, 6) is -0.312. The van der Waals surface area contributed by atoms with Crippen LogP contribution in [0.5, 0.6) is 11.5 Å². The van der Waals surface area contributed by atoms with Gasteiger partial charge >= 0.3 is 6.18 Å². The molecule has 0 unspecified atom stereocenters. The molecule has 32 heavy (non-hydrogen) atoms. The fourth-order valence-electron chi connectivity index (χ4n) is 2.76. The second kappa shape index (κ2) is 9.19. The minimum absolute atomic E-state index is 0.189. The molecule has 0 saturated heterocycles. The number of rotatable bonds is 5. The summed E-state index contributed by atoms with van der Waals surface area (Å²) in [7, 11) is 1.48. The van der Waals surface area contributed by atoms with Crippen molar-refractivity contribution in [3.63, 3.8) is 0 Å². The van der Waals surface area contributed by atoms with E-state index in [0.717, 1.165) is 6.07 Å². The fraction of sp³-hybridized carbons (Fsp3) is 0.0909. The number of amides is 2. The van der Waals surface area contributed by atoms with Gasteiger partial charge in [-0.3, -0.25) is 9.59 Å². The van der Waals surface area contributed by atoms with Crippen LogP contribution in [0, 0.1) is 0 Å². The maximum absolute atomic E-state index is 13.0.